The maximum atomic E-state index is 11.4. The molecule has 1 aromatic rings. The highest BCUT2D eigenvalue weighted by molar-refractivity contribution is 5.69. The molecule has 3 aliphatic carbocycles. The van der Waals surface area contributed by atoms with E-state index in [1.165, 1.54) is 62.5 Å². The number of unbranched alkanes of at least 4 members (excludes halogenated alkanes) is 7. The van der Waals surface area contributed by atoms with Crippen LogP contribution < -0.4 is 0 Å². The van der Waals surface area contributed by atoms with Gasteiger partial charge in [-0.1, -0.05) is 77.7 Å². The Hall–Kier alpha value is -1.55. The van der Waals surface area contributed by atoms with Crippen molar-refractivity contribution in [2.75, 3.05) is 0 Å². The normalized spacial score (nSPS) is 31.4. The van der Waals surface area contributed by atoms with Crippen molar-refractivity contribution in [3.8, 4) is 5.75 Å². The van der Waals surface area contributed by atoms with Gasteiger partial charge in [-0.05, 0) is 104 Å². The average Bonchev–Trinajstić information content (AvgIpc) is 3.18. The number of hydrogen-bond acceptors (Lipinski definition) is 3. The number of aliphatic hydroxyl groups excluding tert-OH is 1. The van der Waals surface area contributed by atoms with Crippen LogP contribution in [0.4, 0.5) is 0 Å². The summed E-state index contributed by atoms with van der Waals surface area (Å²) >= 11 is 0. The third-order valence-electron chi connectivity index (χ3n) is 10.7. The summed E-state index contributed by atoms with van der Waals surface area (Å²) in [5, 5.41) is 30.4. The Morgan fingerprint density at radius 1 is 1.00 bits per heavy atom. The number of aliphatic carboxylic acids is 1. The Morgan fingerprint density at radius 2 is 1.70 bits per heavy atom. The smallest absolute Gasteiger partial charge is 0.306 e. The zero-order chi connectivity index (χ0) is 26.4. The lowest BCUT2D eigenvalue weighted by molar-refractivity contribution is -0.142. The first-order chi connectivity index (χ1) is 17.8. The van der Waals surface area contributed by atoms with E-state index in [4.69, 9.17) is 0 Å². The number of carbonyl (C=O) groups is 1. The van der Waals surface area contributed by atoms with E-state index >= 15 is 0 Å². The summed E-state index contributed by atoms with van der Waals surface area (Å²) in [6, 6.07) is 6.09. The van der Waals surface area contributed by atoms with Crippen LogP contribution >= 0.6 is 0 Å². The van der Waals surface area contributed by atoms with E-state index in [-0.39, 0.29) is 17.4 Å². The number of hydrogen-bond donors (Lipinski definition) is 3. The number of fused-ring (bicyclic) bond motifs is 5. The largest absolute Gasteiger partial charge is 0.508 e. The van der Waals surface area contributed by atoms with E-state index in [2.05, 4.69) is 19.9 Å². The highest BCUT2D eigenvalue weighted by Crippen LogP contribution is 2.62. The van der Waals surface area contributed by atoms with Gasteiger partial charge in [0.1, 0.15) is 5.75 Å². The van der Waals surface area contributed by atoms with Gasteiger partial charge in [-0.25, -0.2) is 0 Å². The third-order valence-corrected chi connectivity index (χ3v) is 10.7. The van der Waals surface area contributed by atoms with Crippen molar-refractivity contribution in [2.24, 2.45) is 29.1 Å². The van der Waals surface area contributed by atoms with Gasteiger partial charge in [-0.15, -0.1) is 0 Å². The summed E-state index contributed by atoms with van der Waals surface area (Å²) in [6.45, 7) is 4.48. The molecule has 4 nitrogen and oxygen atoms in total. The predicted octanol–water partition coefficient (Wildman–Crippen LogP) is 8.24. The molecule has 2 fully saturated rings. The second kappa shape index (κ2) is 13.0. The highest BCUT2D eigenvalue weighted by Gasteiger charge is 2.56. The van der Waals surface area contributed by atoms with Crippen LogP contribution in [-0.2, 0) is 11.2 Å². The van der Waals surface area contributed by atoms with Crippen LogP contribution in [0.3, 0.4) is 0 Å². The molecular weight excluding hydrogens is 460 g/mol. The van der Waals surface area contributed by atoms with E-state index in [1.807, 2.05) is 12.1 Å². The molecular formula is C33H52O4. The summed E-state index contributed by atoms with van der Waals surface area (Å²) in [5.41, 5.74) is 2.93. The Morgan fingerprint density at radius 3 is 2.43 bits per heavy atom. The molecule has 7 atom stereocenters. The number of carboxylic acid groups (broad SMARTS) is 1. The van der Waals surface area contributed by atoms with Gasteiger partial charge in [0, 0.05) is 0 Å². The Balaban J connectivity index is 1.24. The maximum absolute atomic E-state index is 11.4. The van der Waals surface area contributed by atoms with E-state index in [9.17, 15) is 20.1 Å². The Kier molecular flexibility index (Phi) is 10.00. The lowest BCUT2D eigenvalue weighted by Crippen LogP contribution is -2.47. The molecule has 0 spiro atoms. The first kappa shape index (κ1) is 28.5. The molecule has 208 valence electrons. The third kappa shape index (κ3) is 6.54. The van der Waals surface area contributed by atoms with Gasteiger partial charge in [-0.3, -0.25) is 4.79 Å². The highest BCUT2D eigenvalue weighted by atomic mass is 16.4. The number of aliphatic hydroxyl groups is 1. The number of carboxylic acids is 1. The SMILES string of the molecule is CCCCC(CCCCCCCCCC1Cc2cc(O)ccc2C2CCC3(C)C(CC[C@@H]3O)C12)C(=O)O. The van der Waals surface area contributed by atoms with E-state index in [0.29, 0.717) is 29.4 Å². The second-order valence-electron chi connectivity index (χ2n) is 13.0. The van der Waals surface area contributed by atoms with Gasteiger partial charge in [0.25, 0.3) is 0 Å². The standard InChI is InChI=1S/C33H52O4/c1-3-4-12-23(32(36)37)13-10-8-6-5-7-9-11-14-24-21-25-22-26(34)15-16-27(25)28-19-20-33(2)29(31(24)28)17-18-30(33)35/h15-16,22-24,28-31,34-35H,3-14,17-21H2,1-2H3,(H,36,37)/t23?,24?,28?,29?,30-,31?,33?/m0/s1. The zero-order valence-electron chi connectivity index (χ0n) is 23.5. The van der Waals surface area contributed by atoms with Crippen LogP contribution in [0.2, 0.25) is 0 Å². The van der Waals surface area contributed by atoms with Crippen LogP contribution in [0.15, 0.2) is 18.2 Å². The fourth-order valence-corrected chi connectivity index (χ4v) is 8.55. The molecule has 0 amide bonds. The summed E-state index contributed by atoms with van der Waals surface area (Å²) < 4.78 is 0. The number of phenolic OH excluding ortho intramolecular Hbond substituents is 1. The van der Waals surface area contributed by atoms with E-state index in [0.717, 1.165) is 57.8 Å². The Bertz CT molecular complexity index is 881. The molecule has 0 bridgehead atoms. The molecule has 1 aromatic carbocycles. The molecule has 0 aliphatic heterocycles. The lowest BCUT2D eigenvalue weighted by atomic mass is 9.52. The van der Waals surface area contributed by atoms with Gasteiger partial charge >= 0.3 is 5.97 Å². The minimum absolute atomic E-state index is 0.0873. The van der Waals surface area contributed by atoms with Gasteiger partial charge in [0.05, 0.1) is 12.0 Å². The molecule has 3 aliphatic rings. The van der Waals surface area contributed by atoms with Crippen molar-refractivity contribution in [3.63, 3.8) is 0 Å². The molecule has 4 heteroatoms. The Labute approximate surface area is 225 Å². The second-order valence-corrected chi connectivity index (χ2v) is 13.0. The van der Waals surface area contributed by atoms with E-state index < -0.39 is 5.97 Å². The predicted molar refractivity (Wildman–Crippen MR) is 150 cm³/mol. The first-order valence-electron chi connectivity index (χ1n) is 15.6. The van der Waals surface area contributed by atoms with Crippen LogP contribution in [0.5, 0.6) is 5.75 Å². The average molecular weight is 513 g/mol. The van der Waals surface area contributed by atoms with Crippen molar-refractivity contribution in [3.05, 3.63) is 29.3 Å². The van der Waals surface area contributed by atoms with Gasteiger partial charge in [-0.2, -0.15) is 0 Å². The zero-order valence-corrected chi connectivity index (χ0v) is 23.5. The number of benzene rings is 1. The molecule has 0 radical (unpaired) electrons. The molecule has 4 rings (SSSR count). The van der Waals surface area contributed by atoms with Crippen LogP contribution in [-0.4, -0.2) is 27.4 Å². The minimum atomic E-state index is -0.610. The first-order valence-corrected chi connectivity index (χ1v) is 15.6. The number of rotatable bonds is 14. The van der Waals surface area contributed by atoms with Gasteiger partial charge < -0.3 is 15.3 Å². The molecule has 2 saturated carbocycles. The lowest BCUT2D eigenvalue weighted by Gasteiger charge is -2.53. The molecule has 0 heterocycles. The van der Waals surface area contributed by atoms with Crippen LogP contribution in [0.1, 0.15) is 134 Å². The van der Waals surface area contributed by atoms with Crippen molar-refractivity contribution < 1.29 is 20.1 Å². The summed E-state index contributed by atoms with van der Waals surface area (Å²) in [5.74, 6) is 2.18. The topological polar surface area (TPSA) is 77.8 Å². The monoisotopic (exact) mass is 512 g/mol. The van der Waals surface area contributed by atoms with Crippen molar-refractivity contribution in [2.45, 2.75) is 135 Å². The number of aromatic hydroxyl groups is 1. The van der Waals surface area contributed by atoms with Gasteiger partial charge in [0.2, 0.25) is 0 Å². The maximum Gasteiger partial charge on any atom is 0.306 e. The minimum Gasteiger partial charge on any atom is -0.508 e. The quantitative estimate of drug-likeness (QED) is 0.219. The molecule has 6 unspecified atom stereocenters. The van der Waals surface area contributed by atoms with Crippen LogP contribution in [0.25, 0.3) is 0 Å². The molecule has 0 saturated heterocycles. The van der Waals surface area contributed by atoms with Crippen molar-refractivity contribution >= 4 is 5.97 Å². The summed E-state index contributed by atoms with van der Waals surface area (Å²) in [7, 11) is 0. The van der Waals surface area contributed by atoms with Gasteiger partial charge in [0.15, 0.2) is 0 Å². The molecule has 37 heavy (non-hydrogen) atoms. The van der Waals surface area contributed by atoms with Crippen molar-refractivity contribution in [1.29, 1.82) is 0 Å². The van der Waals surface area contributed by atoms with E-state index in [1.54, 1.807) is 0 Å². The molecule has 3 N–H and O–H groups in total. The summed E-state index contributed by atoms with van der Waals surface area (Å²) in [4.78, 5) is 11.4. The van der Waals surface area contributed by atoms with Crippen LogP contribution in [0, 0.1) is 29.1 Å². The fourth-order valence-electron chi connectivity index (χ4n) is 8.55. The van der Waals surface area contributed by atoms with Crippen molar-refractivity contribution in [1.82, 2.24) is 0 Å². The number of phenols is 1. The molecule has 0 aromatic heterocycles. The summed E-state index contributed by atoms with van der Waals surface area (Å²) in [6.07, 6.45) is 18.9. The fraction of sp³-hybridized carbons (Fsp3) is 0.788.